The topological polar surface area (TPSA) is 80.5 Å². The summed E-state index contributed by atoms with van der Waals surface area (Å²) in [5, 5.41) is 14.3. The molecule has 2 aliphatic rings. The molecule has 0 bridgehead atoms. The van der Waals surface area contributed by atoms with E-state index in [1.54, 1.807) is 13.0 Å². The molecule has 7 heteroatoms. The SMILES string of the molecule is Cc1nc(N[C@@H]2CCN(C[C@@H]3CCCO3)C[C@H]2C)ccc1[N+](=O)[O-]. The minimum atomic E-state index is -0.391. The molecule has 132 valence electrons. The van der Waals surface area contributed by atoms with E-state index in [1.165, 1.54) is 18.9 Å². The van der Waals surface area contributed by atoms with Crippen molar-refractivity contribution in [1.82, 2.24) is 9.88 Å². The van der Waals surface area contributed by atoms with Gasteiger partial charge in [-0.2, -0.15) is 0 Å². The molecule has 0 aliphatic carbocycles. The molecule has 2 fully saturated rings. The molecule has 2 saturated heterocycles. The fourth-order valence-corrected chi connectivity index (χ4v) is 3.71. The molecular weight excluding hydrogens is 308 g/mol. The average Bonchev–Trinajstić information content (AvgIpc) is 3.03. The van der Waals surface area contributed by atoms with E-state index in [0.717, 1.165) is 38.5 Å². The zero-order valence-corrected chi connectivity index (χ0v) is 14.4. The van der Waals surface area contributed by atoms with Crippen LogP contribution < -0.4 is 5.32 Å². The Hall–Kier alpha value is -1.73. The Morgan fingerprint density at radius 3 is 2.92 bits per heavy atom. The second-order valence-corrected chi connectivity index (χ2v) is 6.97. The van der Waals surface area contributed by atoms with E-state index in [4.69, 9.17) is 4.74 Å². The third-order valence-corrected chi connectivity index (χ3v) is 5.06. The van der Waals surface area contributed by atoms with Crippen molar-refractivity contribution in [1.29, 1.82) is 0 Å². The minimum Gasteiger partial charge on any atom is -0.377 e. The Kier molecular flexibility index (Phi) is 5.30. The second-order valence-electron chi connectivity index (χ2n) is 6.97. The van der Waals surface area contributed by atoms with E-state index in [-0.39, 0.29) is 5.69 Å². The number of hydrogen-bond acceptors (Lipinski definition) is 6. The van der Waals surface area contributed by atoms with E-state index in [1.807, 2.05) is 0 Å². The van der Waals surface area contributed by atoms with Gasteiger partial charge in [-0.25, -0.2) is 4.98 Å². The highest BCUT2D eigenvalue weighted by atomic mass is 16.6. The molecular formula is C17H26N4O3. The predicted octanol–water partition coefficient (Wildman–Crippen LogP) is 2.60. The Bertz CT molecular complexity index is 589. The van der Waals surface area contributed by atoms with Crippen molar-refractivity contribution in [2.45, 2.75) is 45.3 Å². The van der Waals surface area contributed by atoms with Crippen LogP contribution in [0.25, 0.3) is 0 Å². The van der Waals surface area contributed by atoms with Gasteiger partial charge in [0.25, 0.3) is 5.69 Å². The first kappa shape index (κ1) is 17.1. The zero-order valence-electron chi connectivity index (χ0n) is 14.4. The summed E-state index contributed by atoms with van der Waals surface area (Å²) in [5.74, 6) is 1.22. The van der Waals surface area contributed by atoms with Crippen LogP contribution >= 0.6 is 0 Å². The van der Waals surface area contributed by atoms with E-state index in [0.29, 0.717) is 23.8 Å². The first-order chi connectivity index (χ1) is 11.5. The van der Waals surface area contributed by atoms with Crippen LogP contribution in [0, 0.1) is 23.0 Å². The van der Waals surface area contributed by atoms with Gasteiger partial charge in [0.05, 0.1) is 11.0 Å². The Morgan fingerprint density at radius 1 is 1.46 bits per heavy atom. The van der Waals surface area contributed by atoms with Crippen LogP contribution in [-0.2, 0) is 4.74 Å². The molecule has 0 spiro atoms. The van der Waals surface area contributed by atoms with Crippen molar-refractivity contribution < 1.29 is 9.66 Å². The number of anilines is 1. The van der Waals surface area contributed by atoms with Gasteiger partial charge in [0.15, 0.2) is 0 Å². The van der Waals surface area contributed by atoms with Crippen LogP contribution in [0.1, 0.15) is 31.9 Å². The van der Waals surface area contributed by atoms with Crippen molar-refractivity contribution in [3.63, 3.8) is 0 Å². The third kappa shape index (κ3) is 4.02. The standard InChI is InChI=1S/C17H26N4O3/c1-12-10-20(11-14-4-3-9-24-14)8-7-15(12)19-17-6-5-16(21(22)23)13(2)18-17/h5-6,12,14-15H,3-4,7-11H2,1-2H3,(H,18,19)/t12-,14+,15-/m1/s1. The van der Waals surface area contributed by atoms with E-state index < -0.39 is 4.92 Å². The number of aryl methyl sites for hydroxylation is 1. The van der Waals surface area contributed by atoms with Gasteiger partial charge >= 0.3 is 0 Å². The number of nitrogens with zero attached hydrogens (tertiary/aromatic N) is 3. The number of ether oxygens (including phenoxy) is 1. The lowest BCUT2D eigenvalue weighted by molar-refractivity contribution is -0.385. The normalized spacial score (nSPS) is 28.0. The molecule has 0 aromatic carbocycles. The summed E-state index contributed by atoms with van der Waals surface area (Å²) in [6, 6.07) is 3.58. The highest BCUT2D eigenvalue weighted by Crippen LogP contribution is 2.24. The highest BCUT2D eigenvalue weighted by Gasteiger charge is 2.29. The maximum Gasteiger partial charge on any atom is 0.290 e. The molecule has 7 nitrogen and oxygen atoms in total. The molecule has 1 aromatic heterocycles. The molecule has 24 heavy (non-hydrogen) atoms. The van der Waals surface area contributed by atoms with E-state index in [2.05, 4.69) is 22.1 Å². The minimum absolute atomic E-state index is 0.0694. The number of hydrogen-bond donors (Lipinski definition) is 1. The lowest BCUT2D eigenvalue weighted by atomic mass is 9.93. The number of likely N-dealkylation sites (tertiary alicyclic amines) is 1. The Morgan fingerprint density at radius 2 is 2.29 bits per heavy atom. The monoisotopic (exact) mass is 334 g/mol. The van der Waals surface area contributed by atoms with Crippen LogP contribution in [-0.4, -0.2) is 53.2 Å². The lowest BCUT2D eigenvalue weighted by Gasteiger charge is -2.38. The van der Waals surface area contributed by atoms with Crippen LogP contribution in [0.5, 0.6) is 0 Å². The molecule has 0 saturated carbocycles. The van der Waals surface area contributed by atoms with Crippen molar-refractivity contribution >= 4 is 11.5 Å². The van der Waals surface area contributed by atoms with Crippen LogP contribution in [0.15, 0.2) is 12.1 Å². The van der Waals surface area contributed by atoms with E-state index in [9.17, 15) is 10.1 Å². The molecule has 0 radical (unpaired) electrons. The van der Waals surface area contributed by atoms with Gasteiger partial charge in [-0.1, -0.05) is 6.92 Å². The van der Waals surface area contributed by atoms with Crippen LogP contribution in [0.4, 0.5) is 11.5 Å². The molecule has 1 N–H and O–H groups in total. The number of nitro groups is 1. The third-order valence-electron chi connectivity index (χ3n) is 5.06. The fourth-order valence-electron chi connectivity index (χ4n) is 3.71. The quantitative estimate of drug-likeness (QED) is 0.658. The molecule has 0 unspecified atom stereocenters. The maximum absolute atomic E-state index is 10.9. The van der Waals surface area contributed by atoms with E-state index >= 15 is 0 Å². The number of pyridine rings is 1. The van der Waals surface area contributed by atoms with Crippen LogP contribution in [0.2, 0.25) is 0 Å². The number of rotatable bonds is 5. The van der Waals surface area contributed by atoms with Crippen molar-refractivity contribution in [3.05, 3.63) is 27.9 Å². The van der Waals surface area contributed by atoms with Gasteiger partial charge in [0.2, 0.25) is 0 Å². The molecule has 1 aromatic rings. The van der Waals surface area contributed by atoms with Gasteiger partial charge in [-0.3, -0.25) is 10.1 Å². The summed E-state index contributed by atoms with van der Waals surface area (Å²) >= 11 is 0. The fraction of sp³-hybridized carbons (Fsp3) is 0.706. The first-order valence-electron chi connectivity index (χ1n) is 8.75. The average molecular weight is 334 g/mol. The van der Waals surface area contributed by atoms with Gasteiger partial charge in [0.1, 0.15) is 11.5 Å². The summed E-state index contributed by atoms with van der Waals surface area (Å²) in [6.07, 6.45) is 3.81. The molecule has 3 atom stereocenters. The highest BCUT2D eigenvalue weighted by molar-refractivity contribution is 5.45. The van der Waals surface area contributed by atoms with Crippen LogP contribution in [0.3, 0.4) is 0 Å². The van der Waals surface area contributed by atoms with Crippen molar-refractivity contribution in [2.24, 2.45) is 5.92 Å². The zero-order chi connectivity index (χ0) is 17.1. The smallest absolute Gasteiger partial charge is 0.290 e. The van der Waals surface area contributed by atoms with Gasteiger partial charge in [-0.15, -0.1) is 0 Å². The molecule has 0 amide bonds. The number of piperidine rings is 1. The summed E-state index contributed by atoms with van der Waals surface area (Å²) < 4.78 is 5.73. The summed E-state index contributed by atoms with van der Waals surface area (Å²) in [6.45, 7) is 7.96. The second kappa shape index (κ2) is 7.44. The largest absolute Gasteiger partial charge is 0.377 e. The van der Waals surface area contributed by atoms with Crippen molar-refractivity contribution in [2.75, 3.05) is 31.6 Å². The van der Waals surface area contributed by atoms with Crippen molar-refractivity contribution in [3.8, 4) is 0 Å². The maximum atomic E-state index is 10.9. The molecule has 2 aliphatic heterocycles. The molecule has 3 heterocycles. The number of nitrogens with one attached hydrogen (secondary N) is 1. The first-order valence-corrected chi connectivity index (χ1v) is 8.75. The lowest BCUT2D eigenvalue weighted by Crippen LogP contribution is -2.47. The van der Waals surface area contributed by atoms with Gasteiger partial charge < -0.3 is 15.0 Å². The van der Waals surface area contributed by atoms with Gasteiger partial charge in [-0.05, 0) is 38.2 Å². The summed E-state index contributed by atoms with van der Waals surface area (Å²) in [7, 11) is 0. The summed E-state index contributed by atoms with van der Waals surface area (Å²) in [5.41, 5.74) is 0.522. The predicted molar refractivity (Wildman–Crippen MR) is 92.2 cm³/mol. The number of aromatic nitrogens is 1. The Balaban J connectivity index is 1.55. The van der Waals surface area contributed by atoms with Gasteiger partial charge in [0, 0.05) is 38.3 Å². The summed E-state index contributed by atoms with van der Waals surface area (Å²) in [4.78, 5) is 17.3. The molecule has 3 rings (SSSR count). The Labute approximate surface area is 142 Å².